The first-order valence-electron chi connectivity index (χ1n) is 6.80. The number of unbranched alkanes of at least 4 members (excludes halogenated alkanes) is 1. The molecule has 0 aliphatic heterocycles. The van der Waals surface area contributed by atoms with Gasteiger partial charge in [0.2, 0.25) is 0 Å². The molecule has 1 N–H and O–H groups in total. The Labute approximate surface area is 117 Å². The molecule has 0 fully saturated rings. The van der Waals surface area contributed by atoms with Gasteiger partial charge in [-0.25, -0.2) is 4.39 Å². The summed E-state index contributed by atoms with van der Waals surface area (Å²) in [5, 5.41) is 13.0. The highest BCUT2D eigenvalue weighted by Crippen LogP contribution is 2.30. The molecule has 0 bridgehead atoms. The molecule has 4 nitrogen and oxygen atoms in total. The Morgan fingerprint density at radius 1 is 1.40 bits per heavy atom. The Morgan fingerprint density at radius 3 is 3.00 bits per heavy atom. The van der Waals surface area contributed by atoms with E-state index in [2.05, 4.69) is 12.0 Å². The van der Waals surface area contributed by atoms with Crippen molar-refractivity contribution in [2.24, 2.45) is 0 Å². The van der Waals surface area contributed by atoms with Crippen molar-refractivity contribution in [2.45, 2.75) is 26.3 Å². The summed E-state index contributed by atoms with van der Waals surface area (Å²) in [7, 11) is 0. The van der Waals surface area contributed by atoms with Crippen LogP contribution in [0, 0.1) is 5.82 Å². The highest BCUT2D eigenvalue weighted by molar-refractivity contribution is 5.69. The lowest BCUT2D eigenvalue weighted by atomic mass is 10.1. The maximum Gasteiger partial charge on any atom is 0.130 e. The standard InChI is InChI=1S/C15H19FN2O2/c1-2-3-8-20-15-9-13(16)4-5-14(15)12-10-17-18(11-12)6-7-19/h4-5,9-11,19H,2-3,6-8H2,1H3. The third kappa shape index (κ3) is 3.57. The average Bonchev–Trinajstić information content (AvgIpc) is 2.88. The Balaban J connectivity index is 2.24. The van der Waals surface area contributed by atoms with Crippen LogP contribution in [0.2, 0.25) is 0 Å². The van der Waals surface area contributed by atoms with E-state index < -0.39 is 0 Å². The van der Waals surface area contributed by atoms with E-state index in [-0.39, 0.29) is 12.4 Å². The summed E-state index contributed by atoms with van der Waals surface area (Å²) in [6.45, 7) is 3.12. The van der Waals surface area contributed by atoms with Crippen molar-refractivity contribution >= 4 is 0 Å². The zero-order chi connectivity index (χ0) is 14.4. The van der Waals surface area contributed by atoms with Crippen molar-refractivity contribution in [3.8, 4) is 16.9 Å². The van der Waals surface area contributed by atoms with Gasteiger partial charge < -0.3 is 9.84 Å². The Kier molecular flexibility index (Phi) is 5.12. The van der Waals surface area contributed by atoms with Gasteiger partial charge in [0.15, 0.2) is 0 Å². The van der Waals surface area contributed by atoms with Crippen LogP contribution in [0.3, 0.4) is 0 Å². The molecule has 0 atom stereocenters. The highest BCUT2D eigenvalue weighted by atomic mass is 19.1. The fourth-order valence-corrected chi connectivity index (χ4v) is 1.91. The maximum absolute atomic E-state index is 13.4. The minimum absolute atomic E-state index is 0.0321. The smallest absolute Gasteiger partial charge is 0.130 e. The van der Waals surface area contributed by atoms with Gasteiger partial charge in [-0.2, -0.15) is 5.10 Å². The fourth-order valence-electron chi connectivity index (χ4n) is 1.91. The lowest BCUT2D eigenvalue weighted by Crippen LogP contribution is -2.01. The van der Waals surface area contributed by atoms with Crippen LogP contribution in [0.5, 0.6) is 5.75 Å². The number of nitrogens with zero attached hydrogens (tertiary/aromatic N) is 2. The zero-order valence-electron chi connectivity index (χ0n) is 11.6. The first kappa shape index (κ1) is 14.5. The first-order valence-corrected chi connectivity index (χ1v) is 6.80. The molecule has 5 heteroatoms. The van der Waals surface area contributed by atoms with E-state index in [0.717, 1.165) is 24.0 Å². The number of aliphatic hydroxyl groups excluding tert-OH is 1. The van der Waals surface area contributed by atoms with Crippen LogP contribution < -0.4 is 4.74 Å². The minimum atomic E-state index is -0.317. The number of hydrogen-bond donors (Lipinski definition) is 1. The molecule has 108 valence electrons. The van der Waals surface area contributed by atoms with Gasteiger partial charge in [-0.15, -0.1) is 0 Å². The van der Waals surface area contributed by atoms with Gasteiger partial charge in [-0.1, -0.05) is 13.3 Å². The summed E-state index contributed by atoms with van der Waals surface area (Å²) in [5.74, 6) is 0.213. The summed E-state index contributed by atoms with van der Waals surface area (Å²) < 4.78 is 20.7. The molecule has 0 aliphatic carbocycles. The molecule has 0 aliphatic rings. The molecule has 2 aromatic rings. The third-order valence-corrected chi connectivity index (χ3v) is 2.97. The molecule has 0 saturated carbocycles. The second kappa shape index (κ2) is 7.05. The largest absolute Gasteiger partial charge is 0.493 e. The summed E-state index contributed by atoms with van der Waals surface area (Å²) >= 11 is 0. The number of benzene rings is 1. The van der Waals surface area contributed by atoms with E-state index >= 15 is 0 Å². The number of hydrogen-bond acceptors (Lipinski definition) is 3. The van der Waals surface area contributed by atoms with Crippen molar-refractivity contribution in [3.05, 3.63) is 36.4 Å². The van der Waals surface area contributed by atoms with E-state index in [0.29, 0.717) is 18.9 Å². The molecule has 0 unspecified atom stereocenters. The van der Waals surface area contributed by atoms with Gasteiger partial charge in [-0.05, 0) is 18.6 Å². The Bertz CT molecular complexity index is 555. The van der Waals surface area contributed by atoms with Crippen LogP contribution in [0.25, 0.3) is 11.1 Å². The van der Waals surface area contributed by atoms with Crippen LogP contribution in [0.15, 0.2) is 30.6 Å². The van der Waals surface area contributed by atoms with Gasteiger partial charge in [0, 0.05) is 23.4 Å². The quantitative estimate of drug-likeness (QED) is 0.792. The molecular formula is C15H19FN2O2. The molecule has 20 heavy (non-hydrogen) atoms. The lowest BCUT2D eigenvalue weighted by Gasteiger charge is -2.10. The monoisotopic (exact) mass is 278 g/mol. The molecule has 2 rings (SSSR count). The first-order chi connectivity index (χ1) is 9.74. The minimum Gasteiger partial charge on any atom is -0.493 e. The molecule has 0 spiro atoms. The lowest BCUT2D eigenvalue weighted by molar-refractivity contribution is 0.269. The third-order valence-electron chi connectivity index (χ3n) is 2.97. The predicted molar refractivity (Wildman–Crippen MR) is 75.1 cm³/mol. The number of halogens is 1. The van der Waals surface area contributed by atoms with Crippen LogP contribution in [0.1, 0.15) is 19.8 Å². The number of rotatable bonds is 7. The van der Waals surface area contributed by atoms with Gasteiger partial charge in [-0.3, -0.25) is 4.68 Å². The maximum atomic E-state index is 13.4. The van der Waals surface area contributed by atoms with Crippen LogP contribution in [-0.2, 0) is 6.54 Å². The van der Waals surface area contributed by atoms with Crippen molar-refractivity contribution in [2.75, 3.05) is 13.2 Å². The van der Waals surface area contributed by atoms with Crippen LogP contribution in [0.4, 0.5) is 4.39 Å². The molecule has 0 amide bonds. The second-order valence-corrected chi connectivity index (χ2v) is 4.56. The average molecular weight is 278 g/mol. The normalized spacial score (nSPS) is 10.8. The number of ether oxygens (including phenoxy) is 1. The molecule has 0 radical (unpaired) electrons. The van der Waals surface area contributed by atoms with Gasteiger partial charge in [0.25, 0.3) is 0 Å². The highest BCUT2D eigenvalue weighted by Gasteiger charge is 2.10. The van der Waals surface area contributed by atoms with Crippen molar-refractivity contribution in [3.63, 3.8) is 0 Å². The SMILES string of the molecule is CCCCOc1cc(F)ccc1-c1cnn(CCO)c1. The van der Waals surface area contributed by atoms with Crippen LogP contribution >= 0.6 is 0 Å². The molecular weight excluding hydrogens is 259 g/mol. The van der Waals surface area contributed by atoms with Crippen LogP contribution in [-0.4, -0.2) is 28.1 Å². The van der Waals surface area contributed by atoms with Crippen molar-refractivity contribution in [1.82, 2.24) is 9.78 Å². The van der Waals surface area contributed by atoms with Gasteiger partial charge in [0.1, 0.15) is 11.6 Å². The summed E-state index contributed by atoms with van der Waals surface area (Å²) in [4.78, 5) is 0. The fraction of sp³-hybridized carbons (Fsp3) is 0.400. The van der Waals surface area contributed by atoms with Gasteiger partial charge in [0.05, 0.1) is 26.0 Å². The second-order valence-electron chi connectivity index (χ2n) is 4.56. The number of aliphatic hydroxyl groups is 1. The molecule has 0 saturated heterocycles. The van der Waals surface area contributed by atoms with Gasteiger partial charge >= 0.3 is 0 Å². The summed E-state index contributed by atoms with van der Waals surface area (Å²) in [6, 6.07) is 4.50. The Morgan fingerprint density at radius 2 is 2.25 bits per heavy atom. The molecule has 1 aromatic heterocycles. The van der Waals surface area contributed by atoms with E-state index in [9.17, 15) is 4.39 Å². The summed E-state index contributed by atoms with van der Waals surface area (Å²) in [5.41, 5.74) is 1.66. The zero-order valence-corrected chi connectivity index (χ0v) is 11.6. The van der Waals surface area contributed by atoms with E-state index in [1.165, 1.54) is 12.1 Å². The summed E-state index contributed by atoms with van der Waals surface area (Å²) in [6.07, 6.45) is 5.46. The molecule has 1 heterocycles. The molecule has 1 aromatic carbocycles. The predicted octanol–water partition coefficient (Wildman–Crippen LogP) is 2.86. The van der Waals surface area contributed by atoms with E-state index in [1.807, 2.05) is 6.20 Å². The number of aromatic nitrogens is 2. The Hall–Kier alpha value is -1.88. The van der Waals surface area contributed by atoms with E-state index in [4.69, 9.17) is 9.84 Å². The topological polar surface area (TPSA) is 47.3 Å². The van der Waals surface area contributed by atoms with Crippen molar-refractivity contribution < 1.29 is 14.2 Å². The van der Waals surface area contributed by atoms with E-state index in [1.54, 1.807) is 16.9 Å². The van der Waals surface area contributed by atoms with Crippen molar-refractivity contribution in [1.29, 1.82) is 0 Å².